The normalized spacial score (nSPS) is 24.9. The number of nitrogens with zero attached hydrogens (tertiary/aromatic N) is 1. The Morgan fingerprint density at radius 1 is 1.53 bits per heavy atom. The third-order valence-corrected chi connectivity index (χ3v) is 5.48. The van der Waals surface area contributed by atoms with Crippen LogP contribution in [0.4, 0.5) is 0 Å². The Bertz CT molecular complexity index is 364. The summed E-state index contributed by atoms with van der Waals surface area (Å²) < 4.78 is 0. The van der Waals surface area contributed by atoms with Crippen molar-refractivity contribution in [1.29, 1.82) is 0 Å². The standard InChI is InChI=1S/C13H19NOS2/c1-10-11(2)17-8-6-14(10)13(15)4-3-12-5-7-16-9-12/h5,7,9-11H,3-4,6,8H2,1-2H3/t10-,11+/m1/s1. The highest BCUT2D eigenvalue weighted by atomic mass is 32.2. The van der Waals surface area contributed by atoms with Crippen LogP contribution in [0.2, 0.25) is 0 Å². The summed E-state index contributed by atoms with van der Waals surface area (Å²) in [7, 11) is 0. The molecule has 0 aliphatic carbocycles. The summed E-state index contributed by atoms with van der Waals surface area (Å²) in [6.07, 6.45) is 1.53. The Morgan fingerprint density at radius 3 is 3.06 bits per heavy atom. The van der Waals surface area contributed by atoms with E-state index in [9.17, 15) is 4.79 Å². The molecule has 2 rings (SSSR count). The molecule has 1 saturated heterocycles. The maximum absolute atomic E-state index is 12.2. The zero-order chi connectivity index (χ0) is 12.3. The van der Waals surface area contributed by atoms with E-state index in [0.717, 1.165) is 18.7 Å². The molecule has 0 unspecified atom stereocenters. The van der Waals surface area contributed by atoms with E-state index >= 15 is 0 Å². The van der Waals surface area contributed by atoms with Crippen LogP contribution >= 0.6 is 23.1 Å². The number of amides is 1. The third kappa shape index (κ3) is 3.26. The summed E-state index contributed by atoms with van der Waals surface area (Å²) in [6.45, 7) is 5.30. The Kier molecular flexibility index (Phi) is 4.51. The van der Waals surface area contributed by atoms with Gasteiger partial charge in [-0.3, -0.25) is 4.79 Å². The average molecular weight is 269 g/mol. The lowest BCUT2D eigenvalue weighted by molar-refractivity contribution is -0.133. The maximum Gasteiger partial charge on any atom is 0.223 e. The predicted octanol–water partition coefficient (Wildman–Crippen LogP) is 3.03. The molecule has 2 atom stereocenters. The molecule has 2 nitrogen and oxygen atoms in total. The molecule has 17 heavy (non-hydrogen) atoms. The molecule has 0 bridgehead atoms. The zero-order valence-electron chi connectivity index (χ0n) is 10.4. The van der Waals surface area contributed by atoms with Crippen molar-refractivity contribution in [3.63, 3.8) is 0 Å². The summed E-state index contributed by atoms with van der Waals surface area (Å²) in [4.78, 5) is 14.2. The molecular formula is C13H19NOS2. The lowest BCUT2D eigenvalue weighted by atomic mass is 10.1. The molecule has 1 aliphatic rings. The smallest absolute Gasteiger partial charge is 0.223 e. The fraction of sp³-hybridized carbons (Fsp3) is 0.615. The van der Waals surface area contributed by atoms with Gasteiger partial charge in [0.1, 0.15) is 0 Å². The van der Waals surface area contributed by atoms with Crippen molar-refractivity contribution in [1.82, 2.24) is 4.90 Å². The van der Waals surface area contributed by atoms with Gasteiger partial charge in [-0.2, -0.15) is 23.1 Å². The van der Waals surface area contributed by atoms with Gasteiger partial charge in [-0.15, -0.1) is 0 Å². The second kappa shape index (κ2) is 5.91. The van der Waals surface area contributed by atoms with Crippen LogP contribution in [-0.2, 0) is 11.2 Å². The molecule has 0 radical (unpaired) electrons. The molecule has 1 aromatic heterocycles. The second-order valence-electron chi connectivity index (χ2n) is 4.54. The van der Waals surface area contributed by atoms with Crippen LogP contribution in [0, 0.1) is 0 Å². The first-order valence-electron chi connectivity index (χ1n) is 6.10. The van der Waals surface area contributed by atoms with Crippen LogP contribution < -0.4 is 0 Å². The van der Waals surface area contributed by atoms with Crippen LogP contribution in [0.25, 0.3) is 0 Å². The van der Waals surface area contributed by atoms with E-state index in [2.05, 4.69) is 35.6 Å². The monoisotopic (exact) mass is 269 g/mol. The number of hydrogen-bond acceptors (Lipinski definition) is 3. The zero-order valence-corrected chi connectivity index (χ0v) is 12.0. The van der Waals surface area contributed by atoms with Crippen molar-refractivity contribution in [2.24, 2.45) is 0 Å². The fourth-order valence-electron chi connectivity index (χ4n) is 2.11. The van der Waals surface area contributed by atoms with E-state index in [4.69, 9.17) is 0 Å². The maximum atomic E-state index is 12.2. The van der Waals surface area contributed by atoms with Gasteiger partial charge >= 0.3 is 0 Å². The first kappa shape index (κ1) is 13.0. The molecule has 0 saturated carbocycles. The summed E-state index contributed by atoms with van der Waals surface area (Å²) in [5.41, 5.74) is 1.29. The van der Waals surface area contributed by atoms with Gasteiger partial charge in [0, 0.05) is 30.0 Å². The lowest BCUT2D eigenvalue weighted by Gasteiger charge is -2.37. The van der Waals surface area contributed by atoms with Gasteiger partial charge in [0.2, 0.25) is 5.91 Å². The minimum Gasteiger partial charge on any atom is -0.338 e. The summed E-state index contributed by atoms with van der Waals surface area (Å²) >= 11 is 3.67. The van der Waals surface area contributed by atoms with E-state index in [1.807, 2.05) is 11.8 Å². The van der Waals surface area contributed by atoms with Gasteiger partial charge < -0.3 is 4.90 Å². The summed E-state index contributed by atoms with van der Waals surface area (Å²) in [6, 6.07) is 2.49. The molecule has 0 aromatic carbocycles. The number of carbonyl (C=O) groups excluding carboxylic acids is 1. The predicted molar refractivity (Wildman–Crippen MR) is 75.7 cm³/mol. The SMILES string of the molecule is C[C@@H]1SCCN(C(=O)CCc2ccsc2)[C@@H]1C. The molecule has 1 aliphatic heterocycles. The Hall–Kier alpha value is -0.480. The van der Waals surface area contributed by atoms with Crippen LogP contribution in [0.5, 0.6) is 0 Å². The quantitative estimate of drug-likeness (QED) is 0.840. The first-order valence-corrected chi connectivity index (χ1v) is 8.10. The number of thioether (sulfide) groups is 1. The topological polar surface area (TPSA) is 20.3 Å². The van der Waals surface area contributed by atoms with Crippen molar-refractivity contribution in [2.45, 2.75) is 38.0 Å². The molecule has 2 heterocycles. The van der Waals surface area contributed by atoms with Gasteiger partial charge in [0.25, 0.3) is 0 Å². The highest BCUT2D eigenvalue weighted by Crippen LogP contribution is 2.25. The third-order valence-electron chi connectivity index (χ3n) is 3.41. The lowest BCUT2D eigenvalue weighted by Crippen LogP contribution is -2.48. The minimum absolute atomic E-state index is 0.316. The molecule has 0 N–H and O–H groups in total. The van der Waals surface area contributed by atoms with E-state index in [-0.39, 0.29) is 0 Å². The van der Waals surface area contributed by atoms with E-state index in [1.54, 1.807) is 11.3 Å². The highest BCUT2D eigenvalue weighted by Gasteiger charge is 2.28. The van der Waals surface area contributed by atoms with E-state index in [0.29, 0.717) is 23.6 Å². The van der Waals surface area contributed by atoms with Gasteiger partial charge in [0.05, 0.1) is 0 Å². The van der Waals surface area contributed by atoms with E-state index < -0.39 is 0 Å². The largest absolute Gasteiger partial charge is 0.338 e. The molecule has 4 heteroatoms. The Labute approximate surface area is 111 Å². The van der Waals surface area contributed by atoms with Crippen LogP contribution in [0.3, 0.4) is 0 Å². The minimum atomic E-state index is 0.316. The van der Waals surface area contributed by atoms with Gasteiger partial charge in [-0.25, -0.2) is 0 Å². The van der Waals surface area contributed by atoms with Gasteiger partial charge in [0.15, 0.2) is 0 Å². The van der Waals surface area contributed by atoms with Crippen molar-refractivity contribution >= 4 is 29.0 Å². The second-order valence-corrected chi connectivity index (χ2v) is 6.80. The van der Waals surface area contributed by atoms with Crippen molar-refractivity contribution in [3.05, 3.63) is 22.4 Å². The van der Waals surface area contributed by atoms with Gasteiger partial charge in [-0.1, -0.05) is 6.92 Å². The number of aryl methyl sites for hydroxylation is 1. The fourth-order valence-corrected chi connectivity index (χ4v) is 3.92. The first-order chi connectivity index (χ1) is 8.18. The van der Waals surface area contributed by atoms with E-state index in [1.165, 1.54) is 5.56 Å². The molecule has 1 amide bonds. The molecule has 1 fully saturated rings. The summed E-state index contributed by atoms with van der Waals surface area (Å²) in [5, 5.41) is 4.77. The number of hydrogen-bond donors (Lipinski definition) is 0. The summed E-state index contributed by atoms with van der Waals surface area (Å²) in [5.74, 6) is 1.39. The van der Waals surface area contributed by atoms with Crippen LogP contribution in [0.15, 0.2) is 16.8 Å². The van der Waals surface area contributed by atoms with Crippen LogP contribution in [-0.4, -0.2) is 34.4 Å². The van der Waals surface area contributed by atoms with Crippen LogP contribution in [0.1, 0.15) is 25.8 Å². The highest BCUT2D eigenvalue weighted by molar-refractivity contribution is 8.00. The van der Waals surface area contributed by atoms with Crippen molar-refractivity contribution in [3.8, 4) is 0 Å². The number of rotatable bonds is 3. The Balaban J connectivity index is 1.86. The molecule has 94 valence electrons. The van der Waals surface area contributed by atoms with Crippen molar-refractivity contribution < 1.29 is 4.79 Å². The van der Waals surface area contributed by atoms with Crippen molar-refractivity contribution in [2.75, 3.05) is 12.3 Å². The number of thiophene rings is 1. The van der Waals surface area contributed by atoms with Gasteiger partial charge in [-0.05, 0) is 35.7 Å². The Morgan fingerprint density at radius 2 is 2.35 bits per heavy atom. The average Bonchev–Trinajstić information content (AvgIpc) is 2.82. The molecule has 0 spiro atoms. The molecule has 1 aromatic rings. The molecular weight excluding hydrogens is 250 g/mol. The number of carbonyl (C=O) groups is 1.